The summed E-state index contributed by atoms with van der Waals surface area (Å²) in [6.07, 6.45) is 1.77. The van der Waals surface area contributed by atoms with Crippen molar-refractivity contribution >= 4 is 39.7 Å². The van der Waals surface area contributed by atoms with Crippen LogP contribution in [0.3, 0.4) is 0 Å². The summed E-state index contributed by atoms with van der Waals surface area (Å²) in [4.78, 5) is 14.3. The fourth-order valence-electron chi connectivity index (χ4n) is 3.74. The molecule has 0 saturated carbocycles. The normalized spacial score (nSPS) is 11.0. The zero-order chi connectivity index (χ0) is 23.6. The van der Waals surface area contributed by atoms with Gasteiger partial charge >= 0.3 is 0 Å². The van der Waals surface area contributed by atoms with Crippen LogP contribution in [0.2, 0.25) is 0 Å². The molecule has 0 spiro atoms. The molecule has 0 bridgehead atoms. The third-order valence-electron chi connectivity index (χ3n) is 5.42. The number of hydrogen-bond acceptors (Lipinski definition) is 7. The summed E-state index contributed by atoms with van der Waals surface area (Å²) < 4.78 is 7.87. The Morgan fingerprint density at radius 3 is 2.46 bits per heavy atom. The van der Waals surface area contributed by atoms with Crippen LogP contribution in [0.4, 0.5) is 17.2 Å². The van der Waals surface area contributed by atoms with E-state index in [1.165, 1.54) is 0 Å². The Kier molecular flexibility index (Phi) is 5.32. The van der Waals surface area contributed by atoms with Crippen LogP contribution in [0.1, 0.15) is 0 Å². The highest BCUT2D eigenvalue weighted by molar-refractivity contribution is 7.08. The molecule has 0 aliphatic heterocycles. The van der Waals surface area contributed by atoms with Crippen LogP contribution >= 0.6 is 11.3 Å². The number of nitrogens with zero attached hydrogens (tertiary/aromatic N) is 4. The average molecular weight is 477 g/mol. The first-order valence-electron chi connectivity index (χ1n) is 11.0. The minimum absolute atomic E-state index is 0.563. The molecule has 6 rings (SSSR count). The van der Waals surface area contributed by atoms with Gasteiger partial charge in [-0.2, -0.15) is 11.3 Å². The molecule has 0 fully saturated rings. The molecule has 8 heteroatoms. The Morgan fingerprint density at radius 2 is 1.69 bits per heavy atom. The number of benzene rings is 3. The van der Waals surface area contributed by atoms with Crippen molar-refractivity contribution in [3.8, 4) is 28.6 Å². The molecular formula is C27H20N6OS. The first-order valence-corrected chi connectivity index (χ1v) is 11.9. The monoisotopic (exact) mass is 476 g/mol. The van der Waals surface area contributed by atoms with Crippen LogP contribution in [0, 0.1) is 0 Å². The number of thiophene rings is 1. The number of anilines is 3. The quantitative estimate of drug-likeness (QED) is 0.261. The summed E-state index contributed by atoms with van der Waals surface area (Å²) in [7, 11) is 0. The van der Waals surface area contributed by atoms with Crippen molar-refractivity contribution < 1.29 is 4.74 Å². The Labute approximate surface area is 205 Å². The van der Waals surface area contributed by atoms with Gasteiger partial charge in [-0.3, -0.25) is 4.57 Å². The molecule has 3 N–H and O–H groups in total. The Balaban J connectivity index is 1.39. The molecular weight excluding hydrogens is 456 g/mol. The van der Waals surface area contributed by atoms with Gasteiger partial charge in [-0.05, 0) is 60.0 Å². The van der Waals surface area contributed by atoms with Gasteiger partial charge in [0.1, 0.15) is 17.8 Å². The van der Waals surface area contributed by atoms with E-state index in [1.807, 2.05) is 94.9 Å². The van der Waals surface area contributed by atoms with Crippen LogP contribution in [0.5, 0.6) is 11.5 Å². The maximum absolute atomic E-state index is 6.03. The highest BCUT2D eigenvalue weighted by atomic mass is 32.1. The number of nitrogens with two attached hydrogens (primary N) is 1. The Bertz CT molecular complexity index is 1590. The van der Waals surface area contributed by atoms with E-state index in [1.54, 1.807) is 17.7 Å². The average Bonchev–Trinajstić information content (AvgIpc) is 3.56. The zero-order valence-electron chi connectivity index (χ0n) is 18.5. The maximum atomic E-state index is 6.03. The number of nitrogens with one attached hydrogen (secondary N) is 1. The fraction of sp³-hybridized carbons (Fsp3) is 0. The van der Waals surface area contributed by atoms with E-state index in [4.69, 9.17) is 20.4 Å². The molecule has 0 unspecified atom stereocenters. The topological polar surface area (TPSA) is 90.9 Å². The first kappa shape index (κ1) is 20.9. The largest absolute Gasteiger partial charge is 0.457 e. The molecule has 0 atom stereocenters. The van der Waals surface area contributed by atoms with Crippen LogP contribution in [-0.4, -0.2) is 19.5 Å². The second kappa shape index (κ2) is 8.92. The van der Waals surface area contributed by atoms with E-state index in [-0.39, 0.29) is 0 Å². The van der Waals surface area contributed by atoms with E-state index in [9.17, 15) is 0 Å². The van der Waals surface area contributed by atoms with Gasteiger partial charge in [0.2, 0.25) is 0 Å². The highest BCUT2D eigenvalue weighted by Crippen LogP contribution is 2.30. The first-order chi connectivity index (χ1) is 17.2. The minimum Gasteiger partial charge on any atom is -0.457 e. The lowest BCUT2D eigenvalue weighted by molar-refractivity contribution is 0.483. The van der Waals surface area contributed by atoms with Crippen molar-refractivity contribution in [3.63, 3.8) is 0 Å². The predicted molar refractivity (Wildman–Crippen MR) is 141 cm³/mol. The summed E-state index contributed by atoms with van der Waals surface area (Å²) >= 11 is 1.62. The third-order valence-corrected chi connectivity index (χ3v) is 6.09. The number of ether oxygens (including phenoxy) is 1. The predicted octanol–water partition coefficient (Wildman–Crippen LogP) is 6.66. The lowest BCUT2D eigenvalue weighted by Gasteiger charge is -2.11. The van der Waals surface area contributed by atoms with Crippen molar-refractivity contribution in [1.82, 2.24) is 19.5 Å². The number of para-hydroxylation sites is 1. The van der Waals surface area contributed by atoms with E-state index in [2.05, 4.69) is 15.7 Å². The molecule has 7 nitrogen and oxygen atoms in total. The molecule has 0 radical (unpaired) electrons. The highest BCUT2D eigenvalue weighted by Gasteiger charge is 2.16. The zero-order valence-corrected chi connectivity index (χ0v) is 19.3. The Morgan fingerprint density at radius 1 is 0.857 bits per heavy atom. The second-order valence-corrected chi connectivity index (χ2v) is 8.63. The molecule has 0 saturated heterocycles. The van der Waals surface area contributed by atoms with E-state index >= 15 is 0 Å². The number of rotatable bonds is 6. The van der Waals surface area contributed by atoms with Gasteiger partial charge in [0.15, 0.2) is 22.8 Å². The smallest absolute Gasteiger partial charge is 0.170 e. The lowest BCUT2D eigenvalue weighted by atomic mass is 10.2. The molecule has 6 aromatic rings. The molecule has 3 aromatic heterocycles. The summed E-state index contributed by atoms with van der Waals surface area (Å²) in [5.41, 5.74) is 10.8. The Hall–Kier alpha value is -4.69. The summed E-state index contributed by atoms with van der Waals surface area (Å²) in [6.45, 7) is 0. The molecule has 0 aliphatic rings. The number of aromatic nitrogens is 4. The van der Waals surface area contributed by atoms with Crippen LogP contribution in [-0.2, 0) is 0 Å². The molecule has 3 heterocycles. The van der Waals surface area contributed by atoms with Crippen molar-refractivity contribution in [2.45, 2.75) is 0 Å². The molecule has 3 aromatic carbocycles. The summed E-state index contributed by atoms with van der Waals surface area (Å²) in [5.74, 6) is 2.71. The number of imidazole rings is 1. The number of fused-ring (bicyclic) bond motifs is 1. The minimum atomic E-state index is 0.563. The molecule has 35 heavy (non-hydrogen) atoms. The van der Waals surface area contributed by atoms with Crippen molar-refractivity contribution in [1.29, 1.82) is 0 Å². The van der Waals surface area contributed by atoms with Crippen LogP contribution in [0.25, 0.3) is 28.2 Å². The van der Waals surface area contributed by atoms with Gasteiger partial charge < -0.3 is 15.8 Å². The standard InChI is InChI=1S/C27H20N6OS/c28-19-6-4-5-18(15-19)25-31-26(24-27(32-25)33(17-29-24)21-13-14-35-16-21)30-20-9-11-23(12-10-20)34-22-7-2-1-3-8-22/h1-17H,28H2,(H,30,31,32). The maximum Gasteiger partial charge on any atom is 0.170 e. The van der Waals surface area contributed by atoms with Gasteiger partial charge in [-0.15, -0.1) is 0 Å². The molecule has 0 amide bonds. The lowest BCUT2D eigenvalue weighted by Crippen LogP contribution is -2.01. The molecule has 0 aliphatic carbocycles. The fourth-order valence-corrected chi connectivity index (χ4v) is 4.37. The molecule has 170 valence electrons. The second-order valence-electron chi connectivity index (χ2n) is 7.85. The van der Waals surface area contributed by atoms with Crippen LogP contribution < -0.4 is 15.8 Å². The van der Waals surface area contributed by atoms with Gasteiger partial charge in [0.25, 0.3) is 0 Å². The SMILES string of the molecule is Nc1cccc(-c2nc(Nc3ccc(Oc4ccccc4)cc3)c3ncn(-c4ccsc4)c3n2)c1. The van der Waals surface area contributed by atoms with Gasteiger partial charge in [-0.1, -0.05) is 30.3 Å². The van der Waals surface area contributed by atoms with Gasteiger partial charge in [0, 0.05) is 22.3 Å². The van der Waals surface area contributed by atoms with Crippen molar-refractivity contribution in [2.24, 2.45) is 0 Å². The summed E-state index contributed by atoms with van der Waals surface area (Å²) in [5, 5.41) is 7.49. The van der Waals surface area contributed by atoms with Gasteiger partial charge in [-0.25, -0.2) is 15.0 Å². The van der Waals surface area contributed by atoms with Crippen molar-refractivity contribution in [3.05, 3.63) is 102 Å². The van der Waals surface area contributed by atoms with Crippen LogP contribution in [0.15, 0.2) is 102 Å². The van der Waals surface area contributed by atoms with E-state index in [0.29, 0.717) is 28.5 Å². The van der Waals surface area contributed by atoms with Gasteiger partial charge in [0.05, 0.1) is 5.69 Å². The van der Waals surface area contributed by atoms with Crippen molar-refractivity contribution in [2.75, 3.05) is 11.1 Å². The number of nitrogen functional groups attached to an aromatic ring is 1. The third kappa shape index (κ3) is 4.30. The van der Waals surface area contributed by atoms with E-state index in [0.717, 1.165) is 28.4 Å². The summed E-state index contributed by atoms with van der Waals surface area (Å²) in [6, 6.07) is 27.0. The number of hydrogen-bond donors (Lipinski definition) is 2. The van der Waals surface area contributed by atoms with E-state index < -0.39 is 0 Å².